The Labute approximate surface area is 139 Å². The highest BCUT2D eigenvalue weighted by Crippen LogP contribution is 2.35. The number of nitrogens with one attached hydrogen (secondary N) is 1. The lowest BCUT2D eigenvalue weighted by molar-refractivity contribution is -0.161. The van der Waals surface area contributed by atoms with Crippen LogP contribution in [0.4, 0.5) is 0 Å². The molecule has 0 unspecified atom stereocenters. The standard InChI is InChI=1S/C18H20N2O4/c21-15-8-10-20(16(22)14-7-4-9-19-14)12-18(15,17(23)24)11-13-5-2-1-3-6-13/h1-7,9,15,19,21H,8,10-12H2,(H,23,24)/t15-,18+/m0/s1. The van der Waals surface area contributed by atoms with Crippen molar-refractivity contribution < 1.29 is 19.8 Å². The van der Waals surface area contributed by atoms with E-state index in [1.54, 1.807) is 18.3 Å². The number of piperidine rings is 1. The lowest BCUT2D eigenvalue weighted by atomic mass is 9.72. The van der Waals surface area contributed by atoms with Gasteiger partial charge in [0.2, 0.25) is 0 Å². The highest BCUT2D eigenvalue weighted by atomic mass is 16.4. The fourth-order valence-electron chi connectivity index (χ4n) is 3.31. The van der Waals surface area contributed by atoms with Crippen LogP contribution in [0, 0.1) is 5.41 Å². The molecule has 1 aromatic carbocycles. The zero-order chi connectivity index (χ0) is 17.2. The maximum atomic E-state index is 12.6. The van der Waals surface area contributed by atoms with Crippen LogP contribution in [0.3, 0.4) is 0 Å². The number of benzene rings is 1. The van der Waals surface area contributed by atoms with Crippen molar-refractivity contribution in [2.45, 2.75) is 18.9 Å². The van der Waals surface area contributed by atoms with Crippen molar-refractivity contribution in [3.8, 4) is 0 Å². The lowest BCUT2D eigenvalue weighted by Crippen LogP contribution is -2.58. The van der Waals surface area contributed by atoms with Crippen LogP contribution in [0.5, 0.6) is 0 Å². The van der Waals surface area contributed by atoms with Gasteiger partial charge in [-0.2, -0.15) is 0 Å². The quantitative estimate of drug-likeness (QED) is 0.793. The Morgan fingerprint density at radius 2 is 1.96 bits per heavy atom. The summed E-state index contributed by atoms with van der Waals surface area (Å²) in [5.74, 6) is -1.33. The Balaban J connectivity index is 1.88. The molecule has 1 amide bonds. The number of aromatic amines is 1. The van der Waals surface area contributed by atoms with E-state index in [-0.39, 0.29) is 25.3 Å². The number of carbonyl (C=O) groups excluding carboxylic acids is 1. The minimum atomic E-state index is -1.40. The van der Waals surface area contributed by atoms with Gasteiger partial charge in [0.15, 0.2) is 0 Å². The van der Waals surface area contributed by atoms with Gasteiger partial charge in [-0.05, 0) is 30.5 Å². The largest absolute Gasteiger partial charge is 0.481 e. The number of hydrogen-bond acceptors (Lipinski definition) is 3. The van der Waals surface area contributed by atoms with Crippen LogP contribution in [-0.2, 0) is 11.2 Å². The van der Waals surface area contributed by atoms with Gasteiger partial charge >= 0.3 is 5.97 Å². The number of carboxylic acids is 1. The summed E-state index contributed by atoms with van der Waals surface area (Å²) in [6, 6.07) is 12.6. The number of carboxylic acid groups (broad SMARTS) is 1. The van der Waals surface area contributed by atoms with Crippen LogP contribution >= 0.6 is 0 Å². The van der Waals surface area contributed by atoms with Crippen molar-refractivity contribution in [2.75, 3.05) is 13.1 Å². The zero-order valence-electron chi connectivity index (χ0n) is 13.2. The Morgan fingerprint density at radius 1 is 1.21 bits per heavy atom. The fourth-order valence-corrected chi connectivity index (χ4v) is 3.31. The predicted molar refractivity (Wildman–Crippen MR) is 87.5 cm³/mol. The lowest BCUT2D eigenvalue weighted by Gasteiger charge is -2.43. The van der Waals surface area contributed by atoms with E-state index in [9.17, 15) is 19.8 Å². The Morgan fingerprint density at radius 3 is 2.58 bits per heavy atom. The molecule has 0 aliphatic carbocycles. The highest BCUT2D eigenvalue weighted by molar-refractivity contribution is 5.93. The molecule has 2 aromatic rings. The molecule has 1 aliphatic rings. The maximum absolute atomic E-state index is 12.6. The molecule has 1 saturated heterocycles. The number of hydrogen-bond donors (Lipinski definition) is 3. The third-order valence-electron chi connectivity index (χ3n) is 4.69. The molecule has 3 rings (SSSR count). The van der Waals surface area contributed by atoms with Crippen LogP contribution in [0.1, 0.15) is 22.5 Å². The number of amides is 1. The number of H-pyrrole nitrogens is 1. The number of aliphatic carboxylic acids is 1. The van der Waals surface area contributed by atoms with E-state index in [0.29, 0.717) is 12.2 Å². The summed E-state index contributed by atoms with van der Waals surface area (Å²) in [5.41, 5.74) is -0.152. The fraction of sp³-hybridized carbons (Fsp3) is 0.333. The molecule has 6 nitrogen and oxygen atoms in total. The highest BCUT2D eigenvalue weighted by Gasteiger charge is 2.50. The summed E-state index contributed by atoms with van der Waals surface area (Å²) in [7, 11) is 0. The van der Waals surface area contributed by atoms with Crippen molar-refractivity contribution in [1.29, 1.82) is 0 Å². The first-order chi connectivity index (χ1) is 11.5. The van der Waals surface area contributed by atoms with Crippen LogP contribution < -0.4 is 0 Å². The summed E-state index contributed by atoms with van der Waals surface area (Å²) in [5, 5.41) is 20.3. The molecule has 1 aromatic heterocycles. The van der Waals surface area contributed by atoms with E-state index in [0.717, 1.165) is 5.56 Å². The second kappa shape index (κ2) is 6.49. The van der Waals surface area contributed by atoms with Gasteiger partial charge in [0.1, 0.15) is 11.1 Å². The second-order valence-corrected chi connectivity index (χ2v) is 6.24. The van der Waals surface area contributed by atoms with Crippen molar-refractivity contribution >= 4 is 11.9 Å². The molecule has 0 bridgehead atoms. The number of likely N-dealkylation sites (tertiary alicyclic amines) is 1. The third-order valence-corrected chi connectivity index (χ3v) is 4.69. The molecule has 6 heteroatoms. The summed E-state index contributed by atoms with van der Waals surface area (Å²) < 4.78 is 0. The number of carbonyl (C=O) groups is 2. The Kier molecular flexibility index (Phi) is 4.40. The van der Waals surface area contributed by atoms with Gasteiger partial charge in [0, 0.05) is 19.3 Å². The van der Waals surface area contributed by atoms with Crippen molar-refractivity contribution in [3.05, 3.63) is 59.9 Å². The van der Waals surface area contributed by atoms with E-state index < -0.39 is 17.5 Å². The summed E-state index contributed by atoms with van der Waals surface area (Å²) in [6.45, 7) is 0.319. The first-order valence-corrected chi connectivity index (χ1v) is 7.91. The Hall–Kier alpha value is -2.60. The van der Waals surface area contributed by atoms with Crippen LogP contribution in [0.15, 0.2) is 48.7 Å². The van der Waals surface area contributed by atoms with Gasteiger partial charge in [0.05, 0.1) is 6.10 Å². The summed E-state index contributed by atoms with van der Waals surface area (Å²) in [4.78, 5) is 29.0. The summed E-state index contributed by atoms with van der Waals surface area (Å²) >= 11 is 0. The monoisotopic (exact) mass is 328 g/mol. The minimum absolute atomic E-state index is 0.0176. The number of rotatable bonds is 4. The Bertz CT molecular complexity index is 714. The molecule has 1 fully saturated rings. The van der Waals surface area contributed by atoms with E-state index in [1.165, 1.54) is 4.90 Å². The normalized spacial score (nSPS) is 23.9. The third kappa shape index (κ3) is 2.92. The SMILES string of the molecule is O=C(c1ccc[nH]1)N1CC[C@H](O)[C@](Cc2ccccc2)(C(=O)O)C1. The molecule has 1 aliphatic heterocycles. The average Bonchev–Trinajstić information content (AvgIpc) is 3.11. The van der Waals surface area contributed by atoms with Crippen LogP contribution in [-0.4, -0.2) is 51.2 Å². The minimum Gasteiger partial charge on any atom is -0.481 e. The van der Waals surface area contributed by atoms with E-state index in [4.69, 9.17) is 0 Å². The van der Waals surface area contributed by atoms with Gasteiger partial charge in [-0.1, -0.05) is 30.3 Å². The van der Waals surface area contributed by atoms with Gasteiger partial charge in [0.25, 0.3) is 5.91 Å². The molecule has 0 saturated carbocycles. The molecule has 126 valence electrons. The number of aliphatic hydroxyl groups excluding tert-OH is 1. The first-order valence-electron chi connectivity index (χ1n) is 7.91. The van der Waals surface area contributed by atoms with Gasteiger partial charge in [-0.25, -0.2) is 0 Å². The molecule has 0 radical (unpaired) electrons. The number of nitrogens with zero attached hydrogens (tertiary/aromatic N) is 1. The predicted octanol–water partition coefficient (Wildman–Crippen LogP) is 1.54. The van der Waals surface area contributed by atoms with E-state index >= 15 is 0 Å². The first kappa shape index (κ1) is 16.3. The van der Waals surface area contributed by atoms with Crippen LogP contribution in [0.2, 0.25) is 0 Å². The van der Waals surface area contributed by atoms with Gasteiger partial charge < -0.3 is 20.1 Å². The topological polar surface area (TPSA) is 93.6 Å². The molecular formula is C18H20N2O4. The molecular weight excluding hydrogens is 308 g/mol. The molecule has 2 heterocycles. The molecule has 0 spiro atoms. The molecule has 2 atom stereocenters. The maximum Gasteiger partial charge on any atom is 0.314 e. The van der Waals surface area contributed by atoms with E-state index in [1.807, 2.05) is 30.3 Å². The van der Waals surface area contributed by atoms with E-state index in [2.05, 4.69) is 4.98 Å². The smallest absolute Gasteiger partial charge is 0.314 e. The van der Waals surface area contributed by atoms with Crippen molar-refractivity contribution in [3.63, 3.8) is 0 Å². The number of aliphatic hydroxyl groups is 1. The molecule has 24 heavy (non-hydrogen) atoms. The van der Waals surface area contributed by atoms with Crippen LogP contribution in [0.25, 0.3) is 0 Å². The second-order valence-electron chi connectivity index (χ2n) is 6.24. The zero-order valence-corrected chi connectivity index (χ0v) is 13.2. The van der Waals surface area contributed by atoms with Crippen molar-refractivity contribution in [2.24, 2.45) is 5.41 Å². The van der Waals surface area contributed by atoms with Crippen molar-refractivity contribution in [1.82, 2.24) is 9.88 Å². The molecule has 3 N–H and O–H groups in total. The average molecular weight is 328 g/mol. The van der Waals surface area contributed by atoms with Gasteiger partial charge in [-0.3, -0.25) is 9.59 Å². The van der Waals surface area contributed by atoms with Gasteiger partial charge in [-0.15, -0.1) is 0 Å². The summed E-state index contributed by atoms with van der Waals surface area (Å²) in [6.07, 6.45) is 1.08. The number of aromatic nitrogens is 1.